The third kappa shape index (κ3) is 9.10. The van der Waals surface area contributed by atoms with Gasteiger partial charge in [-0.2, -0.15) is 0 Å². The summed E-state index contributed by atoms with van der Waals surface area (Å²) in [6.45, 7) is 4.95. The Hall–Kier alpha value is -3.80. The molecule has 36 heavy (non-hydrogen) atoms. The number of nitrogens with one attached hydrogen (secondary N) is 3. The molecule has 3 aromatic carbocycles. The lowest BCUT2D eigenvalue weighted by Crippen LogP contribution is -2.27. The molecule has 1 unspecified atom stereocenters. The van der Waals surface area contributed by atoms with E-state index in [9.17, 15) is 9.59 Å². The quantitative estimate of drug-likeness (QED) is 0.225. The van der Waals surface area contributed by atoms with Crippen LogP contribution in [0.15, 0.2) is 78.9 Å². The summed E-state index contributed by atoms with van der Waals surface area (Å²) in [7, 11) is 0. The number of carbonyl (C=O) groups is 2. The van der Waals surface area contributed by atoms with E-state index in [-0.39, 0.29) is 24.4 Å². The van der Waals surface area contributed by atoms with Crippen LogP contribution < -0.4 is 20.7 Å². The third-order valence-electron chi connectivity index (χ3n) is 5.86. The van der Waals surface area contributed by atoms with E-state index in [1.54, 1.807) is 24.3 Å². The van der Waals surface area contributed by atoms with E-state index in [1.165, 1.54) is 25.7 Å². The summed E-state index contributed by atoms with van der Waals surface area (Å²) in [4.78, 5) is 25.2. The van der Waals surface area contributed by atoms with Crippen molar-refractivity contribution in [1.29, 1.82) is 0 Å². The van der Waals surface area contributed by atoms with Crippen LogP contribution in [0.4, 0.5) is 11.4 Å². The van der Waals surface area contributed by atoms with Crippen molar-refractivity contribution in [3.63, 3.8) is 0 Å². The maximum Gasteiger partial charge on any atom is 0.251 e. The van der Waals surface area contributed by atoms with Gasteiger partial charge in [-0.1, -0.05) is 75.1 Å². The van der Waals surface area contributed by atoms with Gasteiger partial charge in [0, 0.05) is 23.0 Å². The van der Waals surface area contributed by atoms with Gasteiger partial charge in [0.25, 0.3) is 5.91 Å². The zero-order valence-electron chi connectivity index (χ0n) is 21.3. The molecule has 0 aliphatic carbocycles. The molecule has 3 N–H and O–H groups in total. The molecular formula is C30H37N3O3. The average Bonchev–Trinajstić information content (AvgIpc) is 2.90. The first-order valence-corrected chi connectivity index (χ1v) is 12.8. The van der Waals surface area contributed by atoms with Crippen LogP contribution in [0.3, 0.4) is 0 Å². The van der Waals surface area contributed by atoms with Gasteiger partial charge in [0.2, 0.25) is 5.91 Å². The number of ether oxygens (including phenoxy) is 1. The Morgan fingerprint density at radius 3 is 2.39 bits per heavy atom. The van der Waals surface area contributed by atoms with Crippen LogP contribution in [0.1, 0.15) is 67.9 Å². The zero-order chi connectivity index (χ0) is 25.6. The van der Waals surface area contributed by atoms with E-state index in [2.05, 4.69) is 22.9 Å². The maximum absolute atomic E-state index is 12.7. The summed E-state index contributed by atoms with van der Waals surface area (Å²) >= 11 is 0. The molecule has 0 heterocycles. The minimum atomic E-state index is -0.201. The molecule has 0 saturated heterocycles. The number of hydrogen-bond acceptors (Lipinski definition) is 4. The Balaban J connectivity index is 1.45. The zero-order valence-corrected chi connectivity index (χ0v) is 21.3. The number of rotatable bonds is 14. The molecule has 6 heteroatoms. The number of anilines is 2. The van der Waals surface area contributed by atoms with Crippen LogP contribution in [0, 0.1) is 0 Å². The Bertz CT molecular complexity index is 1100. The minimum absolute atomic E-state index is 0.0991. The van der Waals surface area contributed by atoms with Crippen LogP contribution in [0.25, 0.3) is 0 Å². The first kappa shape index (κ1) is 26.8. The lowest BCUT2D eigenvalue weighted by Gasteiger charge is -2.15. The molecule has 0 spiro atoms. The second-order valence-electron chi connectivity index (χ2n) is 8.88. The van der Waals surface area contributed by atoms with Crippen molar-refractivity contribution >= 4 is 23.2 Å². The Kier molecular flexibility index (Phi) is 10.8. The van der Waals surface area contributed by atoms with Crippen molar-refractivity contribution in [2.45, 2.75) is 52.0 Å². The molecule has 0 aromatic heterocycles. The summed E-state index contributed by atoms with van der Waals surface area (Å²) in [6.07, 6.45) is 5.98. The number of carbonyl (C=O) groups excluding carboxylic acids is 2. The number of hydrogen-bond donors (Lipinski definition) is 3. The van der Waals surface area contributed by atoms with Crippen LogP contribution in [-0.2, 0) is 4.79 Å². The SMILES string of the molecule is CCCCCCCOc1cccc(NCC(=O)Nc2cccc(C(=O)NC(C)c3ccccc3)c2)c1. The van der Waals surface area contributed by atoms with Crippen molar-refractivity contribution in [2.75, 3.05) is 23.8 Å². The van der Waals surface area contributed by atoms with Crippen LogP contribution in [0.2, 0.25) is 0 Å². The molecule has 0 radical (unpaired) electrons. The highest BCUT2D eigenvalue weighted by Crippen LogP contribution is 2.18. The summed E-state index contributed by atoms with van der Waals surface area (Å²) in [5.74, 6) is 0.398. The van der Waals surface area contributed by atoms with Gasteiger partial charge < -0.3 is 20.7 Å². The fourth-order valence-electron chi connectivity index (χ4n) is 3.82. The van der Waals surface area contributed by atoms with Gasteiger partial charge in [-0.05, 0) is 49.2 Å². The molecule has 0 saturated carbocycles. The monoisotopic (exact) mass is 487 g/mol. The standard InChI is InChI=1S/C30H37N3O3/c1-3-4-5-6-10-19-36-28-18-12-16-26(21-28)31-22-29(34)33-27-17-11-15-25(20-27)30(35)32-23(2)24-13-8-7-9-14-24/h7-9,11-18,20-21,23,31H,3-6,10,19,22H2,1-2H3,(H,32,35)(H,33,34). The number of benzene rings is 3. The van der Waals surface area contributed by atoms with Gasteiger partial charge >= 0.3 is 0 Å². The molecule has 3 rings (SSSR count). The Labute approximate surface area is 214 Å². The van der Waals surface area contributed by atoms with Crippen LogP contribution in [-0.4, -0.2) is 25.0 Å². The Morgan fingerprint density at radius 1 is 0.833 bits per heavy atom. The van der Waals surface area contributed by atoms with E-state index in [0.29, 0.717) is 17.9 Å². The lowest BCUT2D eigenvalue weighted by molar-refractivity contribution is -0.114. The maximum atomic E-state index is 12.7. The smallest absolute Gasteiger partial charge is 0.251 e. The van der Waals surface area contributed by atoms with Crippen molar-refractivity contribution in [3.05, 3.63) is 90.0 Å². The Morgan fingerprint density at radius 2 is 1.58 bits per heavy atom. The predicted molar refractivity (Wildman–Crippen MR) is 147 cm³/mol. The summed E-state index contributed by atoms with van der Waals surface area (Å²) in [5.41, 5.74) is 2.91. The van der Waals surface area contributed by atoms with Crippen LogP contribution >= 0.6 is 0 Å². The van der Waals surface area contributed by atoms with E-state index < -0.39 is 0 Å². The van der Waals surface area contributed by atoms with Crippen molar-refractivity contribution < 1.29 is 14.3 Å². The molecule has 0 aliphatic rings. The second-order valence-corrected chi connectivity index (χ2v) is 8.88. The first-order valence-electron chi connectivity index (χ1n) is 12.8. The minimum Gasteiger partial charge on any atom is -0.494 e. The fraction of sp³-hybridized carbons (Fsp3) is 0.333. The van der Waals surface area contributed by atoms with Gasteiger partial charge in [-0.15, -0.1) is 0 Å². The van der Waals surface area contributed by atoms with Gasteiger partial charge in [-0.3, -0.25) is 9.59 Å². The van der Waals surface area contributed by atoms with E-state index >= 15 is 0 Å². The van der Waals surface area contributed by atoms with Gasteiger partial charge in [0.15, 0.2) is 0 Å². The van der Waals surface area contributed by atoms with Crippen LogP contribution in [0.5, 0.6) is 5.75 Å². The molecule has 0 aliphatic heterocycles. The van der Waals surface area contributed by atoms with Crippen molar-refractivity contribution in [2.24, 2.45) is 0 Å². The molecule has 0 fully saturated rings. The van der Waals surface area contributed by atoms with E-state index in [0.717, 1.165) is 23.4 Å². The molecule has 190 valence electrons. The molecule has 1 atom stereocenters. The summed E-state index contributed by atoms with van der Waals surface area (Å²) in [5, 5.41) is 8.98. The fourth-order valence-corrected chi connectivity index (χ4v) is 3.82. The predicted octanol–water partition coefficient (Wildman–Crippen LogP) is 6.58. The first-order chi connectivity index (χ1) is 17.5. The van der Waals surface area contributed by atoms with E-state index in [4.69, 9.17) is 4.74 Å². The largest absolute Gasteiger partial charge is 0.494 e. The van der Waals surface area contributed by atoms with Gasteiger partial charge in [-0.25, -0.2) is 0 Å². The average molecular weight is 488 g/mol. The highest BCUT2D eigenvalue weighted by Gasteiger charge is 2.12. The summed E-state index contributed by atoms with van der Waals surface area (Å²) < 4.78 is 5.84. The molecular weight excluding hydrogens is 450 g/mol. The van der Waals surface area contributed by atoms with Gasteiger partial charge in [0.1, 0.15) is 5.75 Å². The molecule has 0 bridgehead atoms. The molecule has 2 amide bonds. The normalized spacial score (nSPS) is 11.4. The van der Waals surface area contributed by atoms with E-state index in [1.807, 2.05) is 61.5 Å². The highest BCUT2D eigenvalue weighted by atomic mass is 16.5. The number of amides is 2. The van der Waals surface area contributed by atoms with Crippen molar-refractivity contribution in [3.8, 4) is 5.75 Å². The second kappa shape index (κ2) is 14.6. The lowest BCUT2D eigenvalue weighted by atomic mass is 10.1. The van der Waals surface area contributed by atoms with Gasteiger partial charge in [0.05, 0.1) is 19.2 Å². The number of unbranched alkanes of at least 4 members (excludes halogenated alkanes) is 4. The molecule has 6 nitrogen and oxygen atoms in total. The highest BCUT2D eigenvalue weighted by molar-refractivity contribution is 5.98. The van der Waals surface area contributed by atoms with Crippen molar-refractivity contribution in [1.82, 2.24) is 5.32 Å². The summed E-state index contributed by atoms with van der Waals surface area (Å²) in [6, 6.07) is 24.2. The third-order valence-corrected chi connectivity index (χ3v) is 5.86. The molecule has 3 aromatic rings. The topological polar surface area (TPSA) is 79.5 Å².